The smallest absolute Gasteiger partial charge is 0.366 e. The van der Waals surface area contributed by atoms with Crippen molar-refractivity contribution in [2.75, 3.05) is 30.8 Å². The summed E-state index contributed by atoms with van der Waals surface area (Å²) in [5, 5.41) is 5.65. The van der Waals surface area contributed by atoms with E-state index in [-0.39, 0.29) is 5.91 Å². The second-order valence-corrected chi connectivity index (χ2v) is 5.47. The van der Waals surface area contributed by atoms with Gasteiger partial charge in [-0.2, -0.15) is 13.2 Å². The maximum Gasteiger partial charge on any atom is 0.398 e. The predicted molar refractivity (Wildman–Crippen MR) is 74.5 cm³/mol. The minimum Gasteiger partial charge on any atom is -0.366 e. The van der Waals surface area contributed by atoms with Crippen molar-refractivity contribution in [1.82, 2.24) is 5.32 Å². The number of para-hydroxylation sites is 1. The number of amides is 1. The quantitative estimate of drug-likeness (QED) is 0.836. The molecule has 2 rings (SSSR count). The van der Waals surface area contributed by atoms with E-state index in [0.717, 1.165) is 0 Å². The van der Waals surface area contributed by atoms with E-state index in [0.29, 0.717) is 42.0 Å². The Balaban J connectivity index is 2.00. The van der Waals surface area contributed by atoms with Gasteiger partial charge in [-0.15, -0.1) is 11.8 Å². The van der Waals surface area contributed by atoms with Crippen LogP contribution in [0.15, 0.2) is 29.2 Å². The average Bonchev–Trinajstić information content (AvgIpc) is 2.46. The molecule has 1 aliphatic rings. The third-order valence-electron chi connectivity index (χ3n) is 2.76. The monoisotopic (exact) mass is 320 g/mol. The Morgan fingerprint density at radius 1 is 1.43 bits per heavy atom. The second-order valence-electron chi connectivity index (χ2n) is 4.45. The number of hydrogen-bond donors (Lipinski definition) is 2. The first-order valence-electron chi connectivity index (χ1n) is 6.37. The number of benzene rings is 1. The number of carbonyl (C=O) groups is 1. The van der Waals surface area contributed by atoms with E-state index in [9.17, 15) is 18.0 Å². The highest BCUT2D eigenvalue weighted by Crippen LogP contribution is 2.32. The van der Waals surface area contributed by atoms with Gasteiger partial charge in [-0.3, -0.25) is 4.79 Å². The topological polar surface area (TPSA) is 50.4 Å². The van der Waals surface area contributed by atoms with Gasteiger partial charge in [0.05, 0.1) is 18.0 Å². The van der Waals surface area contributed by atoms with Crippen LogP contribution in [0.1, 0.15) is 0 Å². The van der Waals surface area contributed by atoms with Gasteiger partial charge in [0.2, 0.25) is 0 Å². The van der Waals surface area contributed by atoms with Crippen LogP contribution >= 0.6 is 11.8 Å². The van der Waals surface area contributed by atoms with Gasteiger partial charge in [0.25, 0.3) is 5.91 Å². The molecule has 1 unspecified atom stereocenters. The SMILES string of the molecule is O=C(Nc1ccccc1SCC(F)(F)F)C1CNCCO1. The van der Waals surface area contributed by atoms with Gasteiger partial charge in [0.15, 0.2) is 0 Å². The third-order valence-corrected chi connectivity index (χ3v) is 3.89. The molecule has 4 nitrogen and oxygen atoms in total. The zero-order valence-electron chi connectivity index (χ0n) is 11.1. The van der Waals surface area contributed by atoms with Crippen molar-refractivity contribution in [1.29, 1.82) is 0 Å². The number of halogens is 3. The van der Waals surface area contributed by atoms with Crippen LogP contribution in [0.4, 0.5) is 18.9 Å². The Labute approximate surface area is 124 Å². The molecule has 1 aromatic rings. The molecule has 0 saturated carbocycles. The molecule has 21 heavy (non-hydrogen) atoms. The number of morpholine rings is 1. The van der Waals surface area contributed by atoms with Crippen molar-refractivity contribution >= 4 is 23.4 Å². The molecule has 1 fully saturated rings. The Morgan fingerprint density at radius 3 is 2.86 bits per heavy atom. The van der Waals surface area contributed by atoms with Crippen molar-refractivity contribution in [3.8, 4) is 0 Å². The fraction of sp³-hybridized carbons (Fsp3) is 0.462. The first-order chi connectivity index (χ1) is 9.96. The maximum absolute atomic E-state index is 12.3. The van der Waals surface area contributed by atoms with Gasteiger partial charge < -0.3 is 15.4 Å². The second kappa shape index (κ2) is 7.15. The van der Waals surface area contributed by atoms with Gasteiger partial charge in [-0.05, 0) is 12.1 Å². The van der Waals surface area contributed by atoms with Gasteiger partial charge in [-0.25, -0.2) is 0 Å². The lowest BCUT2D eigenvalue weighted by molar-refractivity contribution is -0.128. The molecule has 1 saturated heterocycles. The van der Waals surface area contributed by atoms with Gasteiger partial charge in [0.1, 0.15) is 6.10 Å². The molecular formula is C13H15F3N2O2S. The summed E-state index contributed by atoms with van der Waals surface area (Å²) < 4.78 is 42.2. The van der Waals surface area contributed by atoms with Crippen LogP contribution in [-0.4, -0.2) is 43.6 Å². The van der Waals surface area contributed by atoms with E-state index in [1.54, 1.807) is 24.3 Å². The zero-order valence-corrected chi connectivity index (χ0v) is 11.9. The van der Waals surface area contributed by atoms with Crippen LogP contribution in [0.2, 0.25) is 0 Å². The molecule has 1 aliphatic heterocycles. The van der Waals surface area contributed by atoms with Gasteiger partial charge in [-0.1, -0.05) is 12.1 Å². The van der Waals surface area contributed by atoms with Crippen LogP contribution < -0.4 is 10.6 Å². The molecule has 0 aromatic heterocycles. The fourth-order valence-corrected chi connectivity index (χ4v) is 2.57. The Bertz CT molecular complexity index is 491. The van der Waals surface area contributed by atoms with Crippen LogP contribution in [0.5, 0.6) is 0 Å². The minimum absolute atomic E-state index is 0.359. The first kappa shape index (κ1) is 16.1. The molecule has 0 aliphatic carbocycles. The summed E-state index contributed by atoms with van der Waals surface area (Å²) in [6.07, 6.45) is -4.88. The summed E-state index contributed by atoms with van der Waals surface area (Å²) in [4.78, 5) is 12.4. The molecule has 0 bridgehead atoms. The predicted octanol–water partition coefficient (Wildman–Crippen LogP) is 2.27. The first-order valence-corrected chi connectivity index (χ1v) is 7.36. The summed E-state index contributed by atoms with van der Waals surface area (Å²) in [5.74, 6) is -1.36. The zero-order chi connectivity index (χ0) is 15.3. The molecule has 8 heteroatoms. The molecule has 1 aromatic carbocycles. The van der Waals surface area contributed by atoms with E-state index in [4.69, 9.17) is 4.74 Å². The highest BCUT2D eigenvalue weighted by Gasteiger charge is 2.28. The Kier molecular flexibility index (Phi) is 5.49. The lowest BCUT2D eigenvalue weighted by Gasteiger charge is -2.23. The number of carbonyl (C=O) groups excluding carboxylic acids is 1. The van der Waals surface area contributed by atoms with E-state index in [1.165, 1.54) is 0 Å². The summed E-state index contributed by atoms with van der Waals surface area (Å²) in [5.41, 5.74) is 0.367. The largest absolute Gasteiger partial charge is 0.398 e. The van der Waals surface area contributed by atoms with Crippen molar-refractivity contribution in [2.45, 2.75) is 17.2 Å². The van der Waals surface area contributed by atoms with Crippen LogP contribution in [0.3, 0.4) is 0 Å². The maximum atomic E-state index is 12.3. The minimum atomic E-state index is -4.25. The van der Waals surface area contributed by atoms with E-state index < -0.39 is 18.0 Å². The Hall–Kier alpha value is -1.25. The highest BCUT2D eigenvalue weighted by molar-refractivity contribution is 7.99. The van der Waals surface area contributed by atoms with E-state index >= 15 is 0 Å². The Morgan fingerprint density at radius 2 is 2.19 bits per heavy atom. The molecule has 1 heterocycles. The van der Waals surface area contributed by atoms with Crippen molar-refractivity contribution in [2.24, 2.45) is 0 Å². The number of rotatable bonds is 4. The van der Waals surface area contributed by atoms with Crippen LogP contribution in [0.25, 0.3) is 0 Å². The lowest BCUT2D eigenvalue weighted by atomic mass is 10.2. The fourth-order valence-electron chi connectivity index (χ4n) is 1.80. The van der Waals surface area contributed by atoms with Gasteiger partial charge >= 0.3 is 6.18 Å². The summed E-state index contributed by atoms with van der Waals surface area (Å²) in [6.45, 7) is 1.51. The number of anilines is 1. The number of nitrogens with one attached hydrogen (secondary N) is 2. The van der Waals surface area contributed by atoms with Gasteiger partial charge in [0, 0.05) is 18.0 Å². The van der Waals surface area contributed by atoms with Crippen molar-refractivity contribution in [3.05, 3.63) is 24.3 Å². The molecule has 116 valence electrons. The standard InChI is InChI=1S/C13H15F3N2O2S/c14-13(15,16)8-21-11-4-2-1-3-9(11)18-12(19)10-7-17-5-6-20-10/h1-4,10,17H,5-8H2,(H,18,19). The van der Waals surface area contributed by atoms with E-state index in [2.05, 4.69) is 10.6 Å². The number of thioether (sulfide) groups is 1. The average molecular weight is 320 g/mol. The van der Waals surface area contributed by atoms with Crippen molar-refractivity contribution < 1.29 is 22.7 Å². The molecular weight excluding hydrogens is 305 g/mol. The van der Waals surface area contributed by atoms with Crippen molar-refractivity contribution in [3.63, 3.8) is 0 Å². The molecule has 1 atom stereocenters. The molecule has 2 N–H and O–H groups in total. The highest BCUT2D eigenvalue weighted by atomic mass is 32.2. The van der Waals surface area contributed by atoms with Crippen LogP contribution in [0, 0.1) is 0 Å². The van der Waals surface area contributed by atoms with Crippen LogP contribution in [-0.2, 0) is 9.53 Å². The summed E-state index contributed by atoms with van der Waals surface area (Å²) in [6, 6.07) is 6.42. The summed E-state index contributed by atoms with van der Waals surface area (Å²) in [7, 11) is 0. The number of hydrogen-bond acceptors (Lipinski definition) is 4. The number of alkyl halides is 3. The normalized spacial score (nSPS) is 19.3. The third kappa shape index (κ3) is 5.22. The summed E-state index contributed by atoms with van der Waals surface area (Å²) >= 11 is 0.646. The molecule has 0 radical (unpaired) electrons. The molecule has 0 spiro atoms. The molecule has 1 amide bonds. The number of ether oxygens (including phenoxy) is 1. The lowest BCUT2D eigenvalue weighted by Crippen LogP contribution is -2.45. The van der Waals surface area contributed by atoms with E-state index in [1.807, 2.05) is 0 Å².